The van der Waals surface area contributed by atoms with Gasteiger partial charge in [0, 0.05) is 6.20 Å². The highest BCUT2D eigenvalue weighted by molar-refractivity contribution is 5.91. The Labute approximate surface area is 109 Å². The summed E-state index contributed by atoms with van der Waals surface area (Å²) in [4.78, 5) is 38.5. The SMILES string of the molecule is COC(=O)c1ccnc(N(CC(N)=O)CC(N)=O)c1. The number of primary amides is 2. The molecule has 0 fully saturated rings. The van der Waals surface area contributed by atoms with Crippen molar-refractivity contribution >= 4 is 23.6 Å². The van der Waals surface area contributed by atoms with Crippen LogP contribution < -0.4 is 16.4 Å². The molecule has 0 spiro atoms. The van der Waals surface area contributed by atoms with Crippen molar-refractivity contribution in [1.82, 2.24) is 4.98 Å². The lowest BCUT2D eigenvalue weighted by molar-refractivity contribution is -0.117. The van der Waals surface area contributed by atoms with Gasteiger partial charge in [-0.3, -0.25) is 9.59 Å². The second kappa shape index (κ2) is 6.34. The summed E-state index contributed by atoms with van der Waals surface area (Å²) in [7, 11) is 1.24. The zero-order valence-electron chi connectivity index (χ0n) is 10.3. The van der Waals surface area contributed by atoms with Crippen LogP contribution >= 0.6 is 0 Å². The van der Waals surface area contributed by atoms with Crippen molar-refractivity contribution in [3.63, 3.8) is 0 Å². The lowest BCUT2D eigenvalue weighted by Gasteiger charge is -2.20. The van der Waals surface area contributed by atoms with E-state index >= 15 is 0 Å². The van der Waals surface area contributed by atoms with Gasteiger partial charge in [-0.25, -0.2) is 9.78 Å². The van der Waals surface area contributed by atoms with Gasteiger partial charge in [0.25, 0.3) is 0 Å². The van der Waals surface area contributed by atoms with E-state index in [0.717, 1.165) is 0 Å². The molecule has 102 valence electrons. The molecule has 0 aliphatic rings. The van der Waals surface area contributed by atoms with E-state index < -0.39 is 17.8 Å². The van der Waals surface area contributed by atoms with Crippen molar-refractivity contribution in [1.29, 1.82) is 0 Å². The molecule has 8 heteroatoms. The molecule has 1 aromatic rings. The van der Waals surface area contributed by atoms with E-state index in [0.29, 0.717) is 0 Å². The molecule has 1 rings (SSSR count). The quantitative estimate of drug-likeness (QED) is 0.612. The average Bonchev–Trinajstić information content (AvgIpc) is 2.36. The second-order valence-electron chi connectivity index (χ2n) is 3.68. The molecule has 0 aliphatic carbocycles. The maximum Gasteiger partial charge on any atom is 0.338 e. The molecular formula is C11H14N4O4. The van der Waals surface area contributed by atoms with E-state index in [2.05, 4.69) is 9.72 Å². The Morgan fingerprint density at radius 3 is 2.32 bits per heavy atom. The summed E-state index contributed by atoms with van der Waals surface area (Å²) in [6.45, 7) is -0.471. The van der Waals surface area contributed by atoms with Crippen LogP contribution in [0.2, 0.25) is 0 Å². The molecule has 2 amide bonds. The van der Waals surface area contributed by atoms with Crippen LogP contribution in [0.25, 0.3) is 0 Å². The number of esters is 1. The number of hydrogen-bond acceptors (Lipinski definition) is 6. The predicted molar refractivity (Wildman–Crippen MR) is 66.2 cm³/mol. The minimum absolute atomic E-state index is 0.236. The fourth-order valence-corrected chi connectivity index (χ4v) is 1.43. The van der Waals surface area contributed by atoms with Gasteiger partial charge >= 0.3 is 5.97 Å². The van der Waals surface area contributed by atoms with Crippen LogP contribution in [0.3, 0.4) is 0 Å². The summed E-state index contributed by atoms with van der Waals surface area (Å²) in [6, 6.07) is 2.83. The van der Waals surface area contributed by atoms with Crippen LogP contribution in [0.4, 0.5) is 5.82 Å². The smallest absolute Gasteiger partial charge is 0.338 e. The summed E-state index contributed by atoms with van der Waals surface area (Å²) in [6.07, 6.45) is 1.36. The Balaban J connectivity index is 3.04. The number of ether oxygens (including phenoxy) is 1. The molecule has 8 nitrogen and oxygen atoms in total. The van der Waals surface area contributed by atoms with Gasteiger partial charge < -0.3 is 21.1 Å². The molecule has 0 bridgehead atoms. The first-order valence-electron chi connectivity index (χ1n) is 5.30. The topological polar surface area (TPSA) is 129 Å². The summed E-state index contributed by atoms with van der Waals surface area (Å²) < 4.78 is 4.56. The van der Waals surface area contributed by atoms with Crippen LogP contribution in [0.15, 0.2) is 18.3 Å². The van der Waals surface area contributed by atoms with Gasteiger partial charge in [-0.1, -0.05) is 0 Å². The van der Waals surface area contributed by atoms with Gasteiger partial charge in [0.1, 0.15) is 5.82 Å². The lowest BCUT2D eigenvalue weighted by atomic mass is 10.2. The summed E-state index contributed by atoms with van der Waals surface area (Å²) >= 11 is 0. The Morgan fingerprint density at radius 1 is 1.26 bits per heavy atom. The van der Waals surface area contributed by atoms with Gasteiger partial charge in [-0.2, -0.15) is 0 Å². The molecule has 19 heavy (non-hydrogen) atoms. The monoisotopic (exact) mass is 266 g/mol. The van der Waals surface area contributed by atoms with E-state index in [4.69, 9.17) is 11.5 Å². The zero-order chi connectivity index (χ0) is 14.4. The van der Waals surface area contributed by atoms with Crippen molar-refractivity contribution in [3.8, 4) is 0 Å². The standard InChI is InChI=1S/C11H14N4O4/c1-19-11(18)7-2-3-14-10(4-7)15(5-8(12)16)6-9(13)17/h2-4H,5-6H2,1H3,(H2,12,16)(H2,13,17). The average molecular weight is 266 g/mol. The van der Waals surface area contributed by atoms with Gasteiger partial charge in [-0.15, -0.1) is 0 Å². The number of anilines is 1. The number of amides is 2. The third kappa shape index (κ3) is 4.26. The van der Waals surface area contributed by atoms with Crippen LogP contribution in [-0.2, 0) is 14.3 Å². The molecule has 0 saturated carbocycles. The number of nitrogens with zero attached hydrogens (tertiary/aromatic N) is 2. The number of pyridine rings is 1. The van der Waals surface area contributed by atoms with Crippen LogP contribution in [0.1, 0.15) is 10.4 Å². The van der Waals surface area contributed by atoms with Crippen molar-refractivity contribution in [2.24, 2.45) is 11.5 Å². The summed E-state index contributed by atoms with van der Waals surface area (Å²) in [5.74, 6) is -1.61. The first-order chi connectivity index (χ1) is 8.93. The molecular weight excluding hydrogens is 252 g/mol. The van der Waals surface area contributed by atoms with E-state index in [1.165, 1.54) is 30.3 Å². The highest BCUT2D eigenvalue weighted by Crippen LogP contribution is 2.13. The summed E-state index contributed by atoms with van der Waals surface area (Å²) in [5, 5.41) is 0. The number of methoxy groups -OCH3 is 1. The molecule has 0 radical (unpaired) electrons. The number of carbonyl (C=O) groups is 3. The third-order valence-corrected chi connectivity index (χ3v) is 2.18. The largest absolute Gasteiger partial charge is 0.465 e. The number of rotatable bonds is 6. The number of aromatic nitrogens is 1. The van der Waals surface area contributed by atoms with Crippen LogP contribution in [0, 0.1) is 0 Å². The van der Waals surface area contributed by atoms with Crippen LogP contribution in [-0.4, -0.2) is 43.0 Å². The lowest BCUT2D eigenvalue weighted by Crippen LogP contribution is -2.40. The molecule has 0 saturated heterocycles. The first-order valence-corrected chi connectivity index (χ1v) is 5.30. The van der Waals surface area contributed by atoms with Gasteiger partial charge in [0.2, 0.25) is 11.8 Å². The fraction of sp³-hybridized carbons (Fsp3) is 0.273. The second-order valence-corrected chi connectivity index (χ2v) is 3.68. The predicted octanol–water partition coefficient (Wildman–Crippen LogP) is -1.35. The molecule has 0 aliphatic heterocycles. The van der Waals surface area contributed by atoms with Crippen molar-refractivity contribution in [2.75, 3.05) is 25.1 Å². The molecule has 0 unspecified atom stereocenters. The number of carbonyl (C=O) groups excluding carboxylic acids is 3. The Hall–Kier alpha value is -2.64. The van der Waals surface area contributed by atoms with E-state index in [1.54, 1.807) is 0 Å². The maximum absolute atomic E-state index is 11.4. The molecule has 1 aromatic heterocycles. The normalized spacial score (nSPS) is 9.74. The molecule has 4 N–H and O–H groups in total. The summed E-state index contributed by atoms with van der Waals surface area (Å²) in [5.41, 5.74) is 10.4. The minimum Gasteiger partial charge on any atom is -0.465 e. The Bertz CT molecular complexity index is 487. The number of hydrogen-bond donors (Lipinski definition) is 2. The van der Waals surface area contributed by atoms with Crippen molar-refractivity contribution in [3.05, 3.63) is 23.9 Å². The van der Waals surface area contributed by atoms with E-state index in [1.807, 2.05) is 0 Å². The van der Waals surface area contributed by atoms with Crippen molar-refractivity contribution in [2.45, 2.75) is 0 Å². The van der Waals surface area contributed by atoms with Crippen LogP contribution in [0.5, 0.6) is 0 Å². The highest BCUT2D eigenvalue weighted by Gasteiger charge is 2.15. The fourth-order valence-electron chi connectivity index (χ4n) is 1.43. The first kappa shape index (κ1) is 14.4. The zero-order valence-corrected chi connectivity index (χ0v) is 10.3. The van der Waals surface area contributed by atoms with Gasteiger partial charge in [0.15, 0.2) is 0 Å². The van der Waals surface area contributed by atoms with Gasteiger partial charge in [0.05, 0.1) is 25.8 Å². The highest BCUT2D eigenvalue weighted by atomic mass is 16.5. The Kier molecular flexibility index (Phi) is 4.81. The molecule has 1 heterocycles. The minimum atomic E-state index is -0.647. The Morgan fingerprint density at radius 2 is 1.84 bits per heavy atom. The molecule has 0 atom stereocenters. The molecule has 0 aromatic carbocycles. The van der Waals surface area contributed by atoms with E-state index in [-0.39, 0.29) is 24.5 Å². The van der Waals surface area contributed by atoms with Gasteiger partial charge in [-0.05, 0) is 12.1 Å². The van der Waals surface area contributed by atoms with Crippen molar-refractivity contribution < 1.29 is 19.1 Å². The third-order valence-electron chi connectivity index (χ3n) is 2.18. The maximum atomic E-state index is 11.4. The number of nitrogens with two attached hydrogens (primary N) is 2. The van der Waals surface area contributed by atoms with E-state index in [9.17, 15) is 14.4 Å².